The number of hydrogen-bond acceptors (Lipinski definition) is 5. The summed E-state index contributed by atoms with van der Waals surface area (Å²) in [4.78, 5) is 10.0. The summed E-state index contributed by atoms with van der Waals surface area (Å²) >= 11 is 0. The Morgan fingerprint density at radius 1 is 1.58 bits per heavy atom. The van der Waals surface area contributed by atoms with Crippen LogP contribution >= 0.6 is 0 Å². The van der Waals surface area contributed by atoms with Gasteiger partial charge in [0.05, 0.1) is 19.2 Å². The molecule has 1 unspecified atom stereocenters. The Morgan fingerprint density at radius 3 is 2.25 bits per heavy atom. The van der Waals surface area contributed by atoms with Crippen molar-refractivity contribution in [3.8, 4) is 0 Å². The van der Waals surface area contributed by atoms with Gasteiger partial charge in [-0.05, 0) is 0 Å². The molecule has 0 aromatic carbocycles. The van der Waals surface area contributed by atoms with Crippen LogP contribution in [0.4, 0.5) is 4.39 Å². The number of nitrogens with two attached hydrogens (primary N) is 1. The van der Waals surface area contributed by atoms with Crippen LogP contribution in [-0.2, 0) is 4.79 Å². The molecule has 4 N–H and O–H groups in total. The molecule has 0 rings (SSSR count). The maximum Gasteiger partial charge on any atom is 0.158 e. The Labute approximate surface area is 68.6 Å². The molecule has 0 fully saturated rings. The molecule has 1 atom stereocenters. The van der Waals surface area contributed by atoms with E-state index in [-0.39, 0.29) is 0 Å². The largest absolute Gasteiger partial charge is 0.548 e. The number of aliphatic hydroxyl groups is 2. The highest BCUT2D eigenvalue weighted by Crippen LogP contribution is 2.15. The molecule has 0 aromatic heterocycles. The van der Waals surface area contributed by atoms with E-state index in [0.717, 1.165) is 0 Å². The Hall–Kier alpha value is -0.720. The van der Waals surface area contributed by atoms with Crippen molar-refractivity contribution in [1.29, 1.82) is 0 Å². The molecule has 0 aliphatic carbocycles. The Kier molecular flexibility index (Phi) is 4.08. The molecule has 0 aliphatic rings. The minimum absolute atomic E-state index is 0.664. The number of carbonyl (C=O) groups is 1. The lowest BCUT2D eigenvalue weighted by Gasteiger charge is -2.24. The quantitative estimate of drug-likeness (QED) is 0.422. The summed E-state index contributed by atoms with van der Waals surface area (Å²) in [5.41, 5.74) is 2.58. The number of hydrogen-bond donors (Lipinski definition) is 3. The van der Waals surface area contributed by atoms with Gasteiger partial charge in [-0.15, -0.1) is 0 Å². The number of carboxylic acids is 1. The molecule has 0 bridgehead atoms. The third kappa shape index (κ3) is 3.12. The van der Waals surface area contributed by atoms with Crippen molar-refractivity contribution in [1.82, 2.24) is 0 Å². The first-order chi connectivity index (χ1) is 5.45. The van der Waals surface area contributed by atoms with Crippen molar-refractivity contribution in [2.45, 2.75) is 18.1 Å². The molecule has 0 saturated carbocycles. The van der Waals surface area contributed by atoms with E-state index < -0.39 is 37.3 Å². The van der Waals surface area contributed by atoms with Crippen molar-refractivity contribution in [3.63, 3.8) is 0 Å². The van der Waals surface area contributed by atoms with Crippen LogP contribution in [0, 0.1) is 0 Å². The number of carboxylic acid groups (broad SMARTS) is 1. The summed E-state index contributed by atoms with van der Waals surface area (Å²) in [7, 11) is 0. The van der Waals surface area contributed by atoms with Crippen LogP contribution in [0.5, 0.6) is 0 Å². The number of alkyl halides is 1. The van der Waals surface area contributed by atoms with E-state index in [9.17, 15) is 14.3 Å². The van der Waals surface area contributed by atoms with E-state index in [2.05, 4.69) is 0 Å². The van der Waals surface area contributed by atoms with Crippen LogP contribution in [0.25, 0.3) is 0 Å². The third-order valence-electron chi connectivity index (χ3n) is 1.46. The van der Waals surface area contributed by atoms with Crippen LogP contribution in [0.3, 0.4) is 0 Å². The molecule has 12 heavy (non-hydrogen) atoms. The molecule has 0 radical (unpaired) electrons. The lowest BCUT2D eigenvalue weighted by Crippen LogP contribution is -2.48. The van der Waals surface area contributed by atoms with Crippen molar-refractivity contribution in [2.75, 3.05) is 13.2 Å². The zero-order valence-electron chi connectivity index (χ0n) is 6.36. The van der Waals surface area contributed by atoms with Crippen molar-refractivity contribution >= 4 is 5.97 Å². The molecule has 0 saturated heterocycles. The number of halogens is 1. The fourth-order valence-corrected chi connectivity index (χ4v) is 0.657. The van der Waals surface area contributed by atoms with E-state index in [0.29, 0.717) is 0 Å². The lowest BCUT2D eigenvalue weighted by atomic mass is 9.99. The van der Waals surface area contributed by atoms with E-state index in [4.69, 9.17) is 15.9 Å². The summed E-state index contributed by atoms with van der Waals surface area (Å²) < 4.78 is 13.0. The SMILES string of the molecule is NC(CC(F)(CO)CO)C(=O)[O-]. The normalized spacial score (nSPS) is 14.3. The van der Waals surface area contributed by atoms with Gasteiger partial charge in [0, 0.05) is 12.5 Å². The Bertz CT molecular complexity index is 160. The van der Waals surface area contributed by atoms with E-state index in [1.165, 1.54) is 0 Å². The summed E-state index contributed by atoms with van der Waals surface area (Å²) in [6.45, 7) is -1.94. The molecule has 5 nitrogen and oxygen atoms in total. The van der Waals surface area contributed by atoms with Gasteiger partial charge in [-0.2, -0.15) is 0 Å². The molecule has 6 heteroatoms. The first kappa shape index (κ1) is 11.3. The molecule has 0 amide bonds. The zero-order valence-corrected chi connectivity index (χ0v) is 6.36. The van der Waals surface area contributed by atoms with Gasteiger partial charge in [-0.3, -0.25) is 0 Å². The fourth-order valence-electron chi connectivity index (χ4n) is 0.657. The molecule has 72 valence electrons. The maximum absolute atomic E-state index is 13.0. The average Bonchev–Trinajstić information content (AvgIpc) is 2.04. The van der Waals surface area contributed by atoms with Gasteiger partial charge in [-0.1, -0.05) is 0 Å². The topological polar surface area (TPSA) is 107 Å². The standard InChI is InChI=1S/C6H12FNO4/c7-6(2-9,3-10)1-4(8)5(11)12/h4,9-10H,1-3,8H2,(H,11,12)/p-1. The van der Waals surface area contributed by atoms with Gasteiger partial charge in [-0.25, -0.2) is 4.39 Å². The van der Waals surface area contributed by atoms with Crippen LogP contribution in [0.2, 0.25) is 0 Å². The number of aliphatic carboxylic acids is 1. The Balaban J connectivity index is 4.11. The van der Waals surface area contributed by atoms with Gasteiger partial charge >= 0.3 is 0 Å². The van der Waals surface area contributed by atoms with E-state index in [1.54, 1.807) is 0 Å². The highest BCUT2D eigenvalue weighted by atomic mass is 19.1. The van der Waals surface area contributed by atoms with E-state index in [1.807, 2.05) is 0 Å². The lowest BCUT2D eigenvalue weighted by molar-refractivity contribution is -0.308. The first-order valence-electron chi connectivity index (χ1n) is 3.32. The molecular formula is C6H11FNO4-. The van der Waals surface area contributed by atoms with Gasteiger partial charge in [0.1, 0.15) is 0 Å². The third-order valence-corrected chi connectivity index (χ3v) is 1.46. The molecule has 0 spiro atoms. The van der Waals surface area contributed by atoms with Crippen molar-refractivity contribution in [2.24, 2.45) is 5.73 Å². The van der Waals surface area contributed by atoms with Gasteiger partial charge in [0.2, 0.25) is 0 Å². The number of carbonyl (C=O) groups excluding carboxylic acids is 1. The highest BCUT2D eigenvalue weighted by Gasteiger charge is 2.30. The predicted octanol–water partition coefficient (Wildman–Crippen LogP) is -2.85. The molecule has 0 heterocycles. The molecule has 0 aliphatic heterocycles. The number of aliphatic hydroxyl groups excluding tert-OH is 2. The van der Waals surface area contributed by atoms with Gasteiger partial charge in [0.25, 0.3) is 0 Å². The number of rotatable bonds is 5. The minimum atomic E-state index is -2.35. The highest BCUT2D eigenvalue weighted by molar-refractivity contribution is 5.70. The smallest absolute Gasteiger partial charge is 0.158 e. The molecular weight excluding hydrogens is 169 g/mol. The van der Waals surface area contributed by atoms with Crippen molar-refractivity contribution < 1.29 is 24.5 Å². The van der Waals surface area contributed by atoms with Crippen LogP contribution in [-0.4, -0.2) is 41.1 Å². The predicted molar refractivity (Wildman–Crippen MR) is 35.6 cm³/mol. The van der Waals surface area contributed by atoms with Crippen LogP contribution in [0.15, 0.2) is 0 Å². The summed E-state index contributed by atoms with van der Waals surface area (Å²) in [6.07, 6.45) is -0.664. The van der Waals surface area contributed by atoms with Gasteiger partial charge < -0.3 is 25.8 Å². The summed E-state index contributed by atoms with van der Waals surface area (Å²) in [5.74, 6) is -1.61. The Morgan fingerprint density at radius 2 is 2.00 bits per heavy atom. The fraction of sp³-hybridized carbons (Fsp3) is 0.833. The first-order valence-corrected chi connectivity index (χ1v) is 3.32. The molecule has 0 aromatic rings. The summed E-state index contributed by atoms with van der Waals surface area (Å²) in [6, 6.07) is -1.52. The van der Waals surface area contributed by atoms with E-state index >= 15 is 0 Å². The second kappa shape index (κ2) is 4.34. The average molecular weight is 180 g/mol. The monoisotopic (exact) mass is 180 g/mol. The zero-order chi connectivity index (χ0) is 9.78. The second-order valence-corrected chi connectivity index (χ2v) is 2.60. The maximum atomic E-state index is 13.0. The second-order valence-electron chi connectivity index (χ2n) is 2.60. The van der Waals surface area contributed by atoms with Crippen LogP contribution in [0.1, 0.15) is 6.42 Å². The minimum Gasteiger partial charge on any atom is -0.548 e. The van der Waals surface area contributed by atoms with Crippen molar-refractivity contribution in [3.05, 3.63) is 0 Å². The summed E-state index contributed by atoms with van der Waals surface area (Å²) in [5, 5.41) is 26.9. The van der Waals surface area contributed by atoms with Crippen LogP contribution < -0.4 is 10.8 Å². The van der Waals surface area contributed by atoms with Gasteiger partial charge in [0.15, 0.2) is 5.67 Å².